The lowest BCUT2D eigenvalue weighted by atomic mass is 10.2. The van der Waals surface area contributed by atoms with E-state index in [4.69, 9.17) is 0 Å². The highest BCUT2D eigenvalue weighted by atomic mass is 19.1. The fourth-order valence-corrected chi connectivity index (χ4v) is 3.24. The number of rotatable bonds is 4. The molecule has 1 saturated carbocycles. The van der Waals surface area contributed by atoms with Gasteiger partial charge in [-0.1, -0.05) is 0 Å². The SMILES string of the molecule is O=C(N[C@@H]1CCN(C2CC2)C1)c1ccc(=O)n(-c2ccc(F)cc2)n1. The average molecular weight is 342 g/mol. The summed E-state index contributed by atoms with van der Waals surface area (Å²) in [7, 11) is 0. The third-order valence-corrected chi connectivity index (χ3v) is 4.72. The van der Waals surface area contributed by atoms with Gasteiger partial charge in [0.25, 0.3) is 11.5 Å². The van der Waals surface area contributed by atoms with Gasteiger partial charge in [-0.25, -0.2) is 4.39 Å². The number of nitrogens with zero attached hydrogens (tertiary/aromatic N) is 3. The van der Waals surface area contributed by atoms with E-state index in [0.29, 0.717) is 11.7 Å². The molecule has 1 aliphatic heterocycles. The van der Waals surface area contributed by atoms with Crippen molar-refractivity contribution in [1.29, 1.82) is 0 Å². The van der Waals surface area contributed by atoms with Gasteiger partial charge in [-0.15, -0.1) is 0 Å². The van der Waals surface area contributed by atoms with E-state index < -0.39 is 5.82 Å². The summed E-state index contributed by atoms with van der Waals surface area (Å²) in [4.78, 5) is 26.9. The number of carbonyl (C=O) groups is 1. The van der Waals surface area contributed by atoms with Crippen LogP contribution in [0.3, 0.4) is 0 Å². The first-order chi connectivity index (χ1) is 12.1. The van der Waals surface area contributed by atoms with E-state index >= 15 is 0 Å². The zero-order valence-electron chi connectivity index (χ0n) is 13.7. The molecule has 0 unspecified atom stereocenters. The van der Waals surface area contributed by atoms with E-state index in [1.807, 2.05) is 0 Å². The lowest BCUT2D eigenvalue weighted by Gasteiger charge is -2.15. The molecule has 25 heavy (non-hydrogen) atoms. The quantitative estimate of drug-likeness (QED) is 0.910. The molecule has 4 rings (SSSR count). The van der Waals surface area contributed by atoms with E-state index in [2.05, 4.69) is 15.3 Å². The standard InChI is InChI=1S/C18H19FN4O2/c19-12-1-3-15(4-2-12)23-17(24)8-7-16(21-23)18(25)20-13-9-10-22(11-13)14-5-6-14/h1-4,7-8,13-14H,5-6,9-11H2,(H,20,25)/t13-/m1/s1. The molecule has 1 saturated heterocycles. The fraction of sp³-hybridized carbons (Fsp3) is 0.389. The van der Waals surface area contributed by atoms with E-state index in [-0.39, 0.29) is 23.2 Å². The molecule has 0 radical (unpaired) electrons. The van der Waals surface area contributed by atoms with Crippen molar-refractivity contribution in [3.63, 3.8) is 0 Å². The first-order valence-corrected chi connectivity index (χ1v) is 8.51. The van der Waals surface area contributed by atoms with Crippen LogP contribution in [0.4, 0.5) is 4.39 Å². The van der Waals surface area contributed by atoms with Crippen molar-refractivity contribution < 1.29 is 9.18 Å². The summed E-state index contributed by atoms with van der Waals surface area (Å²) in [5, 5.41) is 7.13. The Morgan fingerprint density at radius 1 is 1.12 bits per heavy atom. The second-order valence-corrected chi connectivity index (χ2v) is 6.63. The number of benzene rings is 1. The number of amides is 1. The molecule has 130 valence electrons. The fourth-order valence-electron chi connectivity index (χ4n) is 3.24. The third kappa shape index (κ3) is 3.46. The Hall–Kier alpha value is -2.54. The van der Waals surface area contributed by atoms with Crippen molar-refractivity contribution in [3.05, 3.63) is 58.3 Å². The summed E-state index contributed by atoms with van der Waals surface area (Å²) in [6, 6.07) is 8.94. The van der Waals surface area contributed by atoms with Gasteiger partial charge in [0.15, 0.2) is 0 Å². The molecule has 0 spiro atoms. The van der Waals surface area contributed by atoms with Crippen molar-refractivity contribution in [2.24, 2.45) is 0 Å². The zero-order chi connectivity index (χ0) is 17.4. The summed E-state index contributed by atoms with van der Waals surface area (Å²) in [5.74, 6) is -0.689. The van der Waals surface area contributed by atoms with E-state index in [9.17, 15) is 14.0 Å². The van der Waals surface area contributed by atoms with Crippen molar-refractivity contribution >= 4 is 5.91 Å². The molecular formula is C18H19FN4O2. The van der Waals surface area contributed by atoms with Crippen LogP contribution in [0.1, 0.15) is 29.8 Å². The molecule has 1 amide bonds. The van der Waals surface area contributed by atoms with E-state index in [0.717, 1.165) is 24.2 Å². The van der Waals surface area contributed by atoms with Gasteiger partial charge in [0.1, 0.15) is 11.5 Å². The predicted molar refractivity (Wildman–Crippen MR) is 90.3 cm³/mol. The number of aromatic nitrogens is 2. The second kappa shape index (κ2) is 6.40. The molecule has 2 aliphatic rings. The van der Waals surface area contributed by atoms with Gasteiger partial charge in [-0.2, -0.15) is 9.78 Å². The molecule has 6 nitrogen and oxygen atoms in total. The third-order valence-electron chi connectivity index (χ3n) is 4.72. The van der Waals surface area contributed by atoms with Crippen LogP contribution in [0.15, 0.2) is 41.2 Å². The lowest BCUT2D eigenvalue weighted by Crippen LogP contribution is -2.38. The van der Waals surface area contributed by atoms with E-state index in [1.54, 1.807) is 0 Å². The van der Waals surface area contributed by atoms with Gasteiger partial charge < -0.3 is 5.32 Å². The Bertz CT molecular complexity index is 845. The van der Waals surface area contributed by atoms with Crippen LogP contribution in [-0.4, -0.2) is 45.8 Å². The molecule has 2 heterocycles. The number of nitrogens with one attached hydrogen (secondary N) is 1. The van der Waals surface area contributed by atoms with Gasteiger partial charge in [-0.3, -0.25) is 14.5 Å². The van der Waals surface area contributed by atoms with Crippen LogP contribution in [0.5, 0.6) is 0 Å². The zero-order valence-corrected chi connectivity index (χ0v) is 13.7. The summed E-state index contributed by atoms with van der Waals surface area (Å²) in [6.45, 7) is 1.88. The predicted octanol–water partition coefficient (Wildman–Crippen LogP) is 1.34. The number of hydrogen-bond acceptors (Lipinski definition) is 4. The van der Waals surface area contributed by atoms with Crippen LogP contribution in [0.25, 0.3) is 5.69 Å². The maximum absolute atomic E-state index is 13.1. The highest BCUT2D eigenvalue weighted by Gasteiger charge is 2.34. The smallest absolute Gasteiger partial charge is 0.272 e. The van der Waals surface area contributed by atoms with Gasteiger partial charge in [0.05, 0.1) is 5.69 Å². The summed E-state index contributed by atoms with van der Waals surface area (Å²) in [6.07, 6.45) is 3.44. The van der Waals surface area contributed by atoms with Gasteiger partial charge in [-0.05, 0) is 49.6 Å². The van der Waals surface area contributed by atoms with Gasteiger partial charge in [0, 0.05) is 31.2 Å². The number of hydrogen-bond donors (Lipinski definition) is 1. The average Bonchev–Trinajstić information content (AvgIpc) is 3.36. The molecule has 1 N–H and O–H groups in total. The van der Waals surface area contributed by atoms with Crippen molar-refractivity contribution in [2.75, 3.05) is 13.1 Å². The van der Waals surface area contributed by atoms with Crippen LogP contribution in [0.2, 0.25) is 0 Å². The Kier molecular flexibility index (Phi) is 4.09. The maximum Gasteiger partial charge on any atom is 0.272 e. The maximum atomic E-state index is 13.1. The molecule has 0 bridgehead atoms. The number of likely N-dealkylation sites (tertiary alicyclic amines) is 1. The van der Waals surface area contributed by atoms with Crippen molar-refractivity contribution in [1.82, 2.24) is 20.0 Å². The van der Waals surface area contributed by atoms with Crippen LogP contribution in [-0.2, 0) is 0 Å². The topological polar surface area (TPSA) is 67.2 Å². The Balaban J connectivity index is 1.50. The van der Waals surface area contributed by atoms with Crippen molar-refractivity contribution in [2.45, 2.75) is 31.3 Å². The highest BCUT2D eigenvalue weighted by molar-refractivity contribution is 5.92. The van der Waals surface area contributed by atoms with Gasteiger partial charge >= 0.3 is 0 Å². The molecule has 1 aliphatic carbocycles. The van der Waals surface area contributed by atoms with Crippen LogP contribution >= 0.6 is 0 Å². The monoisotopic (exact) mass is 342 g/mol. The number of halogens is 1. The number of carbonyl (C=O) groups excluding carboxylic acids is 1. The van der Waals surface area contributed by atoms with Gasteiger partial charge in [0.2, 0.25) is 0 Å². The summed E-state index contributed by atoms with van der Waals surface area (Å²) >= 11 is 0. The summed E-state index contributed by atoms with van der Waals surface area (Å²) < 4.78 is 14.2. The van der Waals surface area contributed by atoms with Crippen LogP contribution in [0, 0.1) is 5.82 Å². The Morgan fingerprint density at radius 2 is 1.88 bits per heavy atom. The minimum Gasteiger partial charge on any atom is -0.347 e. The minimum absolute atomic E-state index is 0.112. The Morgan fingerprint density at radius 3 is 2.60 bits per heavy atom. The molecule has 2 fully saturated rings. The minimum atomic E-state index is -0.396. The molecule has 1 atom stereocenters. The first kappa shape index (κ1) is 16.0. The molecule has 2 aromatic rings. The Labute approximate surface area is 144 Å². The van der Waals surface area contributed by atoms with Crippen LogP contribution < -0.4 is 10.9 Å². The highest BCUT2D eigenvalue weighted by Crippen LogP contribution is 2.29. The summed E-state index contributed by atoms with van der Waals surface area (Å²) in [5.41, 5.74) is 0.222. The molecule has 1 aromatic carbocycles. The first-order valence-electron chi connectivity index (χ1n) is 8.51. The lowest BCUT2D eigenvalue weighted by molar-refractivity contribution is 0.0930. The normalized spacial score (nSPS) is 20.6. The second-order valence-electron chi connectivity index (χ2n) is 6.63. The van der Waals surface area contributed by atoms with Crippen molar-refractivity contribution in [3.8, 4) is 5.69 Å². The molecule has 1 aromatic heterocycles. The molecular weight excluding hydrogens is 323 g/mol. The van der Waals surface area contributed by atoms with E-state index in [1.165, 1.54) is 49.2 Å². The largest absolute Gasteiger partial charge is 0.347 e. The molecule has 7 heteroatoms.